The summed E-state index contributed by atoms with van der Waals surface area (Å²) >= 11 is 0.755. The quantitative estimate of drug-likeness (QED) is 0.376. The molecular formula is C22H48AlO. The molecule has 0 aliphatic heterocycles. The molecule has 0 N–H and O–H groups in total. The van der Waals surface area contributed by atoms with Crippen molar-refractivity contribution in [3.05, 3.63) is 0 Å². The second kappa shape index (κ2) is 14.6. The zero-order chi connectivity index (χ0) is 19.4. The van der Waals surface area contributed by atoms with Gasteiger partial charge in [0.15, 0.2) is 0 Å². The summed E-state index contributed by atoms with van der Waals surface area (Å²) in [7, 11) is 0. The van der Waals surface area contributed by atoms with Crippen LogP contribution in [0.1, 0.15) is 83.1 Å². The molecule has 145 valence electrons. The number of rotatable bonds is 10. The van der Waals surface area contributed by atoms with Gasteiger partial charge in [0.2, 0.25) is 15.2 Å². The van der Waals surface area contributed by atoms with Gasteiger partial charge in [0.1, 0.15) is 0 Å². The lowest BCUT2D eigenvalue weighted by Crippen LogP contribution is -2.36. The number of hydrogen-bond acceptors (Lipinski definition) is 1. The van der Waals surface area contributed by atoms with Crippen LogP contribution in [0.2, 0.25) is 10.6 Å². The van der Waals surface area contributed by atoms with E-state index in [0.29, 0.717) is 35.9 Å². The molecule has 1 radical (unpaired) electrons. The van der Waals surface area contributed by atoms with Gasteiger partial charge in [0, 0.05) is 0 Å². The van der Waals surface area contributed by atoms with Gasteiger partial charge in [-0.15, -0.1) is 10.6 Å². The lowest BCUT2D eigenvalue weighted by molar-refractivity contribution is -0.0959. The predicted octanol–water partition coefficient (Wildman–Crippen LogP) is 7.20. The largest absolute Gasteiger partial charge is 0.374 e. The minimum atomic E-state index is 0.389. The average Bonchev–Trinajstić information content (AvgIpc) is 2.36. The molecule has 0 saturated carbocycles. The number of ether oxygens (including phenoxy) is 1. The zero-order valence-electron chi connectivity index (χ0n) is 19.0. The van der Waals surface area contributed by atoms with Crippen molar-refractivity contribution in [3.63, 3.8) is 0 Å². The van der Waals surface area contributed by atoms with E-state index in [4.69, 9.17) is 4.74 Å². The van der Waals surface area contributed by atoms with E-state index in [2.05, 4.69) is 83.1 Å². The Balaban J connectivity index is 0. The summed E-state index contributed by atoms with van der Waals surface area (Å²) in [6.07, 6.45) is 0.777. The van der Waals surface area contributed by atoms with Gasteiger partial charge in [-0.05, 0) is 23.7 Å². The van der Waals surface area contributed by atoms with Crippen molar-refractivity contribution in [2.45, 2.75) is 106 Å². The van der Waals surface area contributed by atoms with E-state index in [1.165, 1.54) is 10.6 Å². The van der Waals surface area contributed by atoms with Gasteiger partial charge in [-0.3, -0.25) is 0 Å². The smallest absolute Gasteiger partial charge is 0.200 e. The molecule has 0 rings (SSSR count). The SMILES string of the molecule is CC(C)C(OC(C(C)C)C(C)C)C(C)C.CC(C)[CH2][Al][CH2]C(C)C. The normalized spacial score (nSPS) is 12.3. The van der Waals surface area contributed by atoms with Crippen LogP contribution in [0.3, 0.4) is 0 Å². The maximum atomic E-state index is 6.30. The van der Waals surface area contributed by atoms with Gasteiger partial charge >= 0.3 is 0 Å². The highest BCUT2D eigenvalue weighted by molar-refractivity contribution is 6.35. The van der Waals surface area contributed by atoms with Gasteiger partial charge in [-0.2, -0.15) is 0 Å². The summed E-state index contributed by atoms with van der Waals surface area (Å²) in [5.74, 6) is 4.27. The first-order chi connectivity index (χ1) is 10.9. The average molecular weight is 356 g/mol. The van der Waals surface area contributed by atoms with E-state index >= 15 is 0 Å². The van der Waals surface area contributed by atoms with Crippen molar-refractivity contribution in [2.75, 3.05) is 0 Å². The van der Waals surface area contributed by atoms with Gasteiger partial charge in [0.25, 0.3) is 0 Å². The van der Waals surface area contributed by atoms with Crippen molar-refractivity contribution in [2.24, 2.45) is 35.5 Å². The summed E-state index contributed by atoms with van der Waals surface area (Å²) in [6, 6.07) is 0. The molecule has 0 atom stereocenters. The van der Waals surface area contributed by atoms with Crippen LogP contribution < -0.4 is 0 Å². The summed E-state index contributed by atoms with van der Waals surface area (Å²) in [6.45, 7) is 27.3. The van der Waals surface area contributed by atoms with E-state index in [-0.39, 0.29) is 0 Å². The molecular weight excluding hydrogens is 307 g/mol. The van der Waals surface area contributed by atoms with E-state index < -0.39 is 0 Å². The topological polar surface area (TPSA) is 9.23 Å². The summed E-state index contributed by atoms with van der Waals surface area (Å²) in [5.41, 5.74) is 0. The van der Waals surface area contributed by atoms with Gasteiger partial charge in [-0.25, -0.2) is 0 Å². The molecule has 1 nitrogen and oxygen atoms in total. The third-order valence-corrected chi connectivity index (χ3v) is 6.77. The van der Waals surface area contributed by atoms with Crippen molar-refractivity contribution < 1.29 is 4.74 Å². The first-order valence-corrected chi connectivity index (χ1v) is 12.0. The molecule has 0 aliphatic rings. The Morgan fingerprint density at radius 3 is 0.917 bits per heavy atom. The predicted molar refractivity (Wildman–Crippen MR) is 113 cm³/mol. The molecule has 0 amide bonds. The highest BCUT2D eigenvalue weighted by Crippen LogP contribution is 2.24. The molecule has 0 spiro atoms. The van der Waals surface area contributed by atoms with Crippen LogP contribution in [0.5, 0.6) is 0 Å². The number of hydrogen-bond donors (Lipinski definition) is 0. The molecule has 0 saturated heterocycles. The fourth-order valence-electron chi connectivity index (χ4n) is 3.11. The molecule has 0 aromatic rings. The van der Waals surface area contributed by atoms with Crippen molar-refractivity contribution in [1.82, 2.24) is 0 Å². The molecule has 0 aromatic carbocycles. The Morgan fingerprint density at radius 1 is 0.500 bits per heavy atom. The molecule has 0 unspecified atom stereocenters. The lowest BCUT2D eigenvalue weighted by Gasteiger charge is -2.34. The van der Waals surface area contributed by atoms with Crippen molar-refractivity contribution in [3.8, 4) is 0 Å². The Kier molecular flexibility index (Phi) is 16.3. The maximum Gasteiger partial charge on any atom is 0.200 e. The fourth-order valence-corrected chi connectivity index (χ4v) is 4.64. The Labute approximate surface area is 161 Å². The standard InChI is InChI=1S/C14H30O.2C4H9.Al/c1-9(2)13(10(3)4)15-14(11(5)6)12(7)8;2*1-4(2)3;/h9-14H,1-8H3;2*4H,1H2,2-3H3;. The van der Waals surface area contributed by atoms with Gasteiger partial charge < -0.3 is 4.74 Å². The van der Waals surface area contributed by atoms with Gasteiger partial charge in [-0.1, -0.05) is 94.9 Å². The zero-order valence-corrected chi connectivity index (χ0v) is 20.2. The molecule has 0 fully saturated rings. The summed E-state index contributed by atoms with van der Waals surface area (Å²) in [5, 5.41) is 2.97. The first-order valence-electron chi connectivity index (χ1n) is 10.4. The van der Waals surface area contributed by atoms with E-state index in [1.54, 1.807) is 0 Å². The summed E-state index contributed by atoms with van der Waals surface area (Å²) in [4.78, 5) is 0. The van der Waals surface area contributed by atoms with Crippen molar-refractivity contribution >= 4 is 15.2 Å². The Bertz CT molecular complexity index is 227. The third kappa shape index (κ3) is 14.8. The van der Waals surface area contributed by atoms with Gasteiger partial charge in [0.05, 0.1) is 12.2 Å². The first kappa shape index (κ1) is 26.7. The van der Waals surface area contributed by atoms with Crippen LogP contribution in [-0.4, -0.2) is 27.4 Å². The minimum Gasteiger partial charge on any atom is -0.374 e. The van der Waals surface area contributed by atoms with Crippen LogP contribution >= 0.6 is 0 Å². The Morgan fingerprint density at radius 2 is 0.750 bits per heavy atom. The van der Waals surface area contributed by atoms with Crippen LogP contribution in [-0.2, 0) is 4.74 Å². The maximum absolute atomic E-state index is 6.30. The summed E-state index contributed by atoms with van der Waals surface area (Å²) < 4.78 is 6.30. The minimum absolute atomic E-state index is 0.389. The molecule has 0 bridgehead atoms. The second-order valence-corrected chi connectivity index (χ2v) is 11.1. The van der Waals surface area contributed by atoms with Crippen molar-refractivity contribution in [1.29, 1.82) is 0 Å². The van der Waals surface area contributed by atoms with Crippen LogP contribution in [0.4, 0.5) is 0 Å². The third-order valence-electron chi connectivity index (χ3n) is 4.22. The van der Waals surface area contributed by atoms with Crippen LogP contribution in [0.25, 0.3) is 0 Å². The Hall–Kier alpha value is 0.492. The fraction of sp³-hybridized carbons (Fsp3) is 1.00. The lowest BCUT2D eigenvalue weighted by atomic mass is 9.92. The van der Waals surface area contributed by atoms with Crippen LogP contribution in [0.15, 0.2) is 0 Å². The molecule has 24 heavy (non-hydrogen) atoms. The second-order valence-electron chi connectivity index (χ2n) is 9.59. The van der Waals surface area contributed by atoms with E-state index in [1.807, 2.05) is 0 Å². The molecule has 0 heterocycles. The highest BCUT2D eigenvalue weighted by Gasteiger charge is 2.26. The monoisotopic (exact) mass is 355 g/mol. The van der Waals surface area contributed by atoms with E-state index in [0.717, 1.165) is 27.1 Å². The molecule has 2 heteroatoms. The van der Waals surface area contributed by atoms with E-state index in [9.17, 15) is 0 Å². The highest BCUT2D eigenvalue weighted by atomic mass is 27.1. The van der Waals surface area contributed by atoms with Crippen LogP contribution in [0, 0.1) is 35.5 Å². The molecule has 0 aliphatic carbocycles. The molecule has 0 aromatic heterocycles.